The number of nitrogens with zero attached hydrogens (tertiary/aromatic N) is 1. The number of carbonyl (C=O) groups excluding carboxylic acids is 2. The molecule has 1 saturated carbocycles. The number of rotatable bonds is 2. The zero-order valence-electron chi connectivity index (χ0n) is 12.2. The van der Waals surface area contributed by atoms with Crippen molar-refractivity contribution in [1.82, 2.24) is 4.90 Å². The van der Waals surface area contributed by atoms with Crippen LogP contribution < -0.4 is 5.32 Å². The van der Waals surface area contributed by atoms with Crippen LogP contribution in [0.4, 0.5) is 14.5 Å². The maximum absolute atomic E-state index is 13.7. The Morgan fingerprint density at radius 3 is 2.52 bits per heavy atom. The highest BCUT2D eigenvalue weighted by molar-refractivity contribution is 6.39. The van der Waals surface area contributed by atoms with Crippen molar-refractivity contribution >= 4 is 29.1 Å². The molecule has 1 aliphatic carbocycles. The van der Waals surface area contributed by atoms with E-state index in [2.05, 4.69) is 0 Å². The molecular formula is C15H15ClF2N2O3. The zero-order valence-corrected chi connectivity index (χ0v) is 12.9. The van der Waals surface area contributed by atoms with E-state index in [1.807, 2.05) is 5.32 Å². The molecule has 23 heavy (non-hydrogen) atoms. The number of morpholine rings is 1. The highest BCUT2D eigenvalue weighted by Gasteiger charge is 2.41. The first kappa shape index (κ1) is 16.1. The Hall–Kier alpha value is -1.73. The Kier molecular flexibility index (Phi) is 4.50. The first-order chi connectivity index (χ1) is 11.0. The minimum absolute atomic E-state index is 0.133. The molecule has 2 amide bonds. The van der Waals surface area contributed by atoms with Crippen LogP contribution in [0.5, 0.6) is 0 Å². The molecule has 124 valence electrons. The maximum Gasteiger partial charge on any atom is 0.314 e. The fourth-order valence-corrected chi connectivity index (χ4v) is 2.90. The molecule has 1 atom stereocenters. The predicted octanol–water partition coefficient (Wildman–Crippen LogP) is 2.19. The molecule has 1 N–H and O–H groups in total. The van der Waals surface area contributed by atoms with Gasteiger partial charge in [-0.1, -0.05) is 11.6 Å². The molecule has 1 heterocycles. The third kappa shape index (κ3) is 3.45. The fourth-order valence-electron chi connectivity index (χ4n) is 2.71. The van der Waals surface area contributed by atoms with E-state index in [0.717, 1.165) is 25.0 Å². The summed E-state index contributed by atoms with van der Waals surface area (Å²) in [5.41, 5.74) is -0.677. The number of hydrogen-bond donors (Lipinski definition) is 1. The molecule has 3 rings (SSSR count). The van der Waals surface area contributed by atoms with Crippen molar-refractivity contribution in [2.75, 3.05) is 25.1 Å². The molecule has 8 heteroatoms. The molecule has 1 aliphatic heterocycles. The quantitative estimate of drug-likeness (QED) is 0.837. The molecule has 2 aliphatic rings. The average molecular weight is 345 g/mol. The van der Waals surface area contributed by atoms with Gasteiger partial charge in [0.25, 0.3) is 0 Å². The molecule has 5 nitrogen and oxygen atoms in total. The summed E-state index contributed by atoms with van der Waals surface area (Å²) >= 11 is 5.52. The Bertz CT molecular complexity index is 629. The number of amides is 2. The summed E-state index contributed by atoms with van der Waals surface area (Å²) in [6.45, 7) is 1.01. The van der Waals surface area contributed by atoms with E-state index in [4.69, 9.17) is 16.3 Å². The van der Waals surface area contributed by atoms with Crippen molar-refractivity contribution in [2.45, 2.75) is 18.9 Å². The Labute approximate surface area is 136 Å². The van der Waals surface area contributed by atoms with Crippen molar-refractivity contribution < 1.29 is 23.1 Å². The second-order valence-corrected chi connectivity index (χ2v) is 6.11. The molecule has 1 aromatic rings. The van der Waals surface area contributed by atoms with Crippen molar-refractivity contribution in [3.63, 3.8) is 0 Å². The molecule has 0 aromatic heterocycles. The third-order valence-corrected chi connectivity index (χ3v) is 4.25. The number of hydrogen-bond acceptors (Lipinski definition) is 3. The lowest BCUT2D eigenvalue weighted by Gasteiger charge is -2.35. The van der Waals surface area contributed by atoms with Crippen LogP contribution in [0.2, 0.25) is 5.02 Å². The number of benzene rings is 1. The SMILES string of the molecule is O=C(Nc1c(F)cc(Cl)cc1F)C(=O)N1CCOC[C@@H]1C1CC1. The van der Waals surface area contributed by atoms with Crippen molar-refractivity contribution in [3.05, 3.63) is 28.8 Å². The Balaban J connectivity index is 1.73. The summed E-state index contributed by atoms with van der Waals surface area (Å²) in [5, 5.41) is 1.87. The van der Waals surface area contributed by atoms with Gasteiger partial charge in [0, 0.05) is 11.6 Å². The van der Waals surface area contributed by atoms with Gasteiger partial charge >= 0.3 is 11.8 Å². The number of halogens is 3. The van der Waals surface area contributed by atoms with Crippen LogP contribution in [-0.2, 0) is 14.3 Å². The topological polar surface area (TPSA) is 58.6 Å². The van der Waals surface area contributed by atoms with Crippen LogP contribution in [-0.4, -0.2) is 42.5 Å². The predicted molar refractivity (Wildman–Crippen MR) is 79.0 cm³/mol. The molecule has 2 fully saturated rings. The smallest absolute Gasteiger partial charge is 0.314 e. The van der Waals surface area contributed by atoms with Crippen LogP contribution in [0.1, 0.15) is 12.8 Å². The molecule has 0 radical (unpaired) electrons. The van der Waals surface area contributed by atoms with Crippen molar-refractivity contribution in [3.8, 4) is 0 Å². The number of carbonyl (C=O) groups is 2. The molecular weight excluding hydrogens is 330 g/mol. The van der Waals surface area contributed by atoms with E-state index in [1.54, 1.807) is 0 Å². The molecule has 1 saturated heterocycles. The highest BCUT2D eigenvalue weighted by Crippen LogP contribution is 2.36. The van der Waals surface area contributed by atoms with E-state index in [0.29, 0.717) is 25.7 Å². The molecule has 0 unspecified atom stereocenters. The molecule has 1 aromatic carbocycles. The fraction of sp³-hybridized carbons (Fsp3) is 0.467. The van der Waals surface area contributed by atoms with Gasteiger partial charge in [-0.2, -0.15) is 0 Å². The molecule has 0 spiro atoms. The summed E-state index contributed by atoms with van der Waals surface area (Å²) < 4.78 is 32.8. The Morgan fingerprint density at radius 2 is 1.91 bits per heavy atom. The zero-order chi connectivity index (χ0) is 16.6. The monoisotopic (exact) mass is 344 g/mol. The third-order valence-electron chi connectivity index (χ3n) is 4.03. The van der Waals surface area contributed by atoms with Gasteiger partial charge in [-0.25, -0.2) is 8.78 Å². The van der Waals surface area contributed by atoms with E-state index < -0.39 is 29.1 Å². The summed E-state index contributed by atoms with van der Waals surface area (Å²) in [4.78, 5) is 25.8. The second kappa shape index (κ2) is 6.41. The minimum Gasteiger partial charge on any atom is -0.377 e. The van der Waals surface area contributed by atoms with E-state index >= 15 is 0 Å². The van der Waals surface area contributed by atoms with Crippen molar-refractivity contribution in [1.29, 1.82) is 0 Å². The Morgan fingerprint density at radius 1 is 1.26 bits per heavy atom. The van der Waals surface area contributed by atoms with Gasteiger partial charge in [-0.15, -0.1) is 0 Å². The highest BCUT2D eigenvalue weighted by atomic mass is 35.5. The normalized spacial score (nSPS) is 21.2. The van der Waals surface area contributed by atoms with Gasteiger partial charge in [0.15, 0.2) is 11.6 Å². The van der Waals surface area contributed by atoms with Crippen LogP contribution in [0.15, 0.2) is 12.1 Å². The summed E-state index contributed by atoms with van der Waals surface area (Å²) in [6, 6.07) is 1.58. The van der Waals surface area contributed by atoms with Crippen molar-refractivity contribution in [2.24, 2.45) is 5.92 Å². The van der Waals surface area contributed by atoms with E-state index in [1.165, 1.54) is 4.90 Å². The first-order valence-electron chi connectivity index (χ1n) is 7.31. The average Bonchev–Trinajstić information content (AvgIpc) is 3.34. The lowest BCUT2D eigenvalue weighted by atomic mass is 10.1. The number of anilines is 1. The summed E-state index contributed by atoms with van der Waals surface area (Å²) in [7, 11) is 0. The van der Waals surface area contributed by atoms with Crippen LogP contribution in [0.3, 0.4) is 0 Å². The largest absolute Gasteiger partial charge is 0.377 e. The van der Waals surface area contributed by atoms with E-state index in [9.17, 15) is 18.4 Å². The van der Waals surface area contributed by atoms with Gasteiger partial charge < -0.3 is 15.0 Å². The van der Waals surface area contributed by atoms with Gasteiger partial charge in [0.1, 0.15) is 5.69 Å². The van der Waals surface area contributed by atoms with E-state index in [-0.39, 0.29) is 11.1 Å². The van der Waals surface area contributed by atoms with Crippen LogP contribution in [0, 0.1) is 17.6 Å². The summed E-state index contributed by atoms with van der Waals surface area (Å²) in [6.07, 6.45) is 1.97. The second-order valence-electron chi connectivity index (χ2n) is 5.68. The van der Waals surface area contributed by atoms with Gasteiger partial charge in [-0.3, -0.25) is 9.59 Å². The van der Waals surface area contributed by atoms with Gasteiger partial charge in [0.2, 0.25) is 0 Å². The van der Waals surface area contributed by atoms with Crippen LogP contribution >= 0.6 is 11.6 Å². The first-order valence-corrected chi connectivity index (χ1v) is 7.69. The van der Waals surface area contributed by atoms with Gasteiger partial charge in [0.05, 0.1) is 19.3 Å². The summed E-state index contributed by atoms with van der Waals surface area (Å²) in [5.74, 6) is -3.61. The molecule has 0 bridgehead atoms. The lowest BCUT2D eigenvalue weighted by molar-refractivity contribution is -0.149. The number of nitrogens with one attached hydrogen (secondary N) is 1. The van der Waals surface area contributed by atoms with Crippen LogP contribution in [0.25, 0.3) is 0 Å². The standard InChI is InChI=1S/C15H15ClF2N2O3/c16-9-5-10(17)13(11(18)6-9)19-14(21)15(22)20-3-4-23-7-12(20)8-1-2-8/h5-6,8,12H,1-4,7H2,(H,19,21)/t12-/m1/s1. The minimum atomic E-state index is -1.07. The lowest BCUT2D eigenvalue weighted by Crippen LogP contribution is -2.53. The number of ether oxygens (including phenoxy) is 1. The maximum atomic E-state index is 13.7. The van der Waals surface area contributed by atoms with Gasteiger partial charge in [-0.05, 0) is 30.9 Å².